The lowest BCUT2D eigenvalue weighted by atomic mass is 10.4. The number of hydroxylamine groups is 1. The second-order valence-corrected chi connectivity index (χ2v) is 1.88. The van der Waals surface area contributed by atoms with Gasteiger partial charge in [-0.3, -0.25) is 4.79 Å². The molecule has 7 nitrogen and oxygen atoms in total. The van der Waals surface area contributed by atoms with E-state index >= 15 is 0 Å². The van der Waals surface area contributed by atoms with Gasteiger partial charge in [0.05, 0.1) is 0 Å². The number of carbonyl (C=O) groups is 3. The van der Waals surface area contributed by atoms with Crippen molar-refractivity contribution in [2.75, 3.05) is 0 Å². The molecular weight excluding hydrogens is 194 g/mol. The predicted molar refractivity (Wildman–Crippen MR) is 42.8 cm³/mol. The van der Waals surface area contributed by atoms with Gasteiger partial charge in [0.25, 0.3) is 0 Å². The number of carboxylic acids is 2. The molecule has 0 aliphatic carbocycles. The molecule has 0 radical (unpaired) electrons. The van der Waals surface area contributed by atoms with Crippen molar-refractivity contribution in [2.45, 2.75) is 0 Å². The molecule has 76 valence electrons. The average Bonchev–Trinajstić information content (AvgIpc) is 2.33. The topological polar surface area (TPSA) is 113 Å². The first-order chi connectivity index (χ1) is 6.54. The first-order valence-corrected chi connectivity index (χ1v) is 3.28. The Morgan fingerprint density at radius 3 is 2.29 bits per heavy atom. The van der Waals surface area contributed by atoms with E-state index in [0.717, 1.165) is 0 Å². The van der Waals surface area contributed by atoms with E-state index in [-0.39, 0.29) is 5.78 Å². The van der Waals surface area contributed by atoms with Crippen molar-refractivity contribution in [1.82, 2.24) is 5.48 Å². The third-order valence-electron chi connectivity index (χ3n) is 0.867. The van der Waals surface area contributed by atoms with Gasteiger partial charge >= 0.3 is 11.9 Å². The van der Waals surface area contributed by atoms with Crippen LogP contribution in [0.1, 0.15) is 0 Å². The zero-order chi connectivity index (χ0) is 11.0. The average molecular weight is 201 g/mol. The molecule has 0 atom stereocenters. The molecule has 1 rings (SSSR count). The molecule has 0 spiro atoms. The Hall–Kier alpha value is -2.31. The molecule has 0 bridgehead atoms. The highest BCUT2D eigenvalue weighted by atomic mass is 16.6. The maximum absolute atomic E-state index is 10.4. The Kier molecular flexibility index (Phi) is 5.20. The Morgan fingerprint density at radius 2 is 1.79 bits per heavy atom. The second-order valence-electron chi connectivity index (χ2n) is 1.88. The van der Waals surface area contributed by atoms with Crippen LogP contribution in [-0.2, 0) is 19.2 Å². The van der Waals surface area contributed by atoms with Gasteiger partial charge in [-0.2, -0.15) is 0 Å². The number of carbonyl (C=O) groups excluding carboxylic acids is 1. The molecule has 0 saturated heterocycles. The molecule has 0 aromatic rings. The molecule has 1 heterocycles. The molecule has 0 fully saturated rings. The van der Waals surface area contributed by atoms with Gasteiger partial charge in [-0.05, 0) is 0 Å². The Bertz CT molecular complexity index is 265. The zero-order valence-electron chi connectivity index (χ0n) is 6.84. The number of hydrogen-bond acceptors (Lipinski definition) is 5. The molecule has 0 saturated carbocycles. The van der Waals surface area contributed by atoms with E-state index in [2.05, 4.69) is 10.3 Å². The van der Waals surface area contributed by atoms with Crippen LogP contribution in [0.25, 0.3) is 0 Å². The summed E-state index contributed by atoms with van der Waals surface area (Å²) in [7, 11) is 0. The fraction of sp³-hybridized carbons (Fsp3) is 0. The predicted octanol–water partition coefficient (Wildman–Crippen LogP) is -0.727. The fourth-order valence-corrected chi connectivity index (χ4v) is 0.351. The van der Waals surface area contributed by atoms with Gasteiger partial charge in [0, 0.05) is 18.4 Å². The second kappa shape index (κ2) is 6.23. The lowest BCUT2D eigenvalue weighted by molar-refractivity contribution is -0.159. The van der Waals surface area contributed by atoms with Crippen LogP contribution >= 0.6 is 0 Å². The summed E-state index contributed by atoms with van der Waals surface area (Å²) in [5, 5.41) is 14.8. The first-order valence-electron chi connectivity index (χ1n) is 3.28. The summed E-state index contributed by atoms with van der Waals surface area (Å²) in [5.74, 6) is -3.72. The standard InChI is InChI=1S/C5H5NO2.C2H2O4/c7-5-1-3-6-8-4-2-5;3-1(4)2(5)6/h1-4,6H;(H,3,4)(H,5,6). The summed E-state index contributed by atoms with van der Waals surface area (Å²) < 4.78 is 0. The minimum Gasteiger partial charge on any atom is -0.473 e. The molecular formula is C7H7NO6. The van der Waals surface area contributed by atoms with E-state index in [1.807, 2.05) is 0 Å². The van der Waals surface area contributed by atoms with Crippen molar-refractivity contribution < 1.29 is 29.4 Å². The maximum atomic E-state index is 10.4. The highest BCUT2D eigenvalue weighted by Crippen LogP contribution is 1.84. The van der Waals surface area contributed by atoms with Crippen molar-refractivity contribution >= 4 is 17.7 Å². The number of allylic oxidation sites excluding steroid dienone is 2. The summed E-state index contributed by atoms with van der Waals surface area (Å²) in [6.45, 7) is 0. The van der Waals surface area contributed by atoms with Crippen LogP contribution < -0.4 is 5.48 Å². The molecule has 0 aromatic heterocycles. The molecule has 3 N–H and O–H groups in total. The molecule has 0 amide bonds. The number of carboxylic acid groups (broad SMARTS) is 2. The van der Waals surface area contributed by atoms with Gasteiger partial charge in [-0.25, -0.2) is 15.1 Å². The molecule has 1 aliphatic heterocycles. The van der Waals surface area contributed by atoms with Gasteiger partial charge < -0.3 is 15.1 Å². The van der Waals surface area contributed by atoms with Crippen LogP contribution in [0.15, 0.2) is 24.6 Å². The minimum atomic E-state index is -1.82. The Morgan fingerprint density at radius 1 is 1.21 bits per heavy atom. The Labute approximate surface area is 78.2 Å². The third kappa shape index (κ3) is 6.40. The Balaban J connectivity index is 0.000000255. The van der Waals surface area contributed by atoms with Gasteiger partial charge in [0.15, 0.2) is 5.78 Å². The zero-order valence-corrected chi connectivity index (χ0v) is 6.84. The minimum absolute atomic E-state index is 0.0741. The van der Waals surface area contributed by atoms with E-state index in [1.165, 1.54) is 24.6 Å². The van der Waals surface area contributed by atoms with E-state index in [9.17, 15) is 4.79 Å². The first kappa shape index (κ1) is 11.7. The van der Waals surface area contributed by atoms with Crippen LogP contribution in [-0.4, -0.2) is 27.9 Å². The summed E-state index contributed by atoms with van der Waals surface area (Å²) in [6, 6.07) is 0. The third-order valence-corrected chi connectivity index (χ3v) is 0.867. The smallest absolute Gasteiger partial charge is 0.414 e. The lowest BCUT2D eigenvalue weighted by Gasteiger charge is -1.90. The number of hydrogen-bond donors (Lipinski definition) is 3. The summed E-state index contributed by atoms with van der Waals surface area (Å²) >= 11 is 0. The fourth-order valence-electron chi connectivity index (χ4n) is 0.351. The van der Waals surface area contributed by atoms with Crippen LogP contribution in [0.5, 0.6) is 0 Å². The largest absolute Gasteiger partial charge is 0.473 e. The quantitative estimate of drug-likeness (QED) is 0.443. The van der Waals surface area contributed by atoms with Crippen molar-refractivity contribution in [3.8, 4) is 0 Å². The van der Waals surface area contributed by atoms with Crippen LogP contribution in [0.4, 0.5) is 0 Å². The van der Waals surface area contributed by atoms with Gasteiger partial charge in [-0.1, -0.05) is 0 Å². The number of aliphatic carboxylic acids is 2. The van der Waals surface area contributed by atoms with E-state index in [0.29, 0.717) is 0 Å². The number of rotatable bonds is 0. The van der Waals surface area contributed by atoms with Crippen molar-refractivity contribution in [3.63, 3.8) is 0 Å². The monoisotopic (exact) mass is 201 g/mol. The van der Waals surface area contributed by atoms with E-state index < -0.39 is 11.9 Å². The van der Waals surface area contributed by atoms with Crippen LogP contribution in [0.3, 0.4) is 0 Å². The van der Waals surface area contributed by atoms with Crippen molar-refractivity contribution in [3.05, 3.63) is 24.6 Å². The van der Waals surface area contributed by atoms with Gasteiger partial charge in [0.2, 0.25) is 0 Å². The number of nitrogens with one attached hydrogen (secondary N) is 1. The summed E-state index contributed by atoms with van der Waals surface area (Å²) in [4.78, 5) is 33.1. The van der Waals surface area contributed by atoms with E-state index in [1.54, 1.807) is 0 Å². The lowest BCUT2D eigenvalue weighted by Crippen LogP contribution is -2.09. The van der Waals surface area contributed by atoms with Gasteiger partial charge in [-0.15, -0.1) is 0 Å². The van der Waals surface area contributed by atoms with E-state index in [4.69, 9.17) is 19.8 Å². The molecule has 0 unspecified atom stereocenters. The molecule has 1 aliphatic rings. The SMILES string of the molecule is O=C(O)C(=O)O.O=C1C=CNOC=C1. The van der Waals surface area contributed by atoms with Gasteiger partial charge in [0.1, 0.15) is 6.26 Å². The number of ketones is 1. The van der Waals surface area contributed by atoms with Crippen LogP contribution in [0.2, 0.25) is 0 Å². The maximum Gasteiger partial charge on any atom is 0.414 e. The molecule has 0 aromatic carbocycles. The highest BCUT2D eigenvalue weighted by Gasteiger charge is 2.04. The van der Waals surface area contributed by atoms with Crippen LogP contribution in [0, 0.1) is 0 Å². The summed E-state index contributed by atoms with van der Waals surface area (Å²) in [6.07, 6.45) is 5.44. The van der Waals surface area contributed by atoms with Crippen molar-refractivity contribution in [1.29, 1.82) is 0 Å². The normalized spacial score (nSPS) is 12.7. The molecule has 7 heteroatoms. The van der Waals surface area contributed by atoms with Crippen molar-refractivity contribution in [2.24, 2.45) is 0 Å². The molecule has 14 heavy (non-hydrogen) atoms. The highest BCUT2D eigenvalue weighted by molar-refractivity contribution is 6.27. The summed E-state index contributed by atoms with van der Waals surface area (Å²) in [5.41, 5.74) is 2.39.